The van der Waals surface area contributed by atoms with E-state index in [1.54, 1.807) is 36.2 Å². The second kappa shape index (κ2) is 8.60. The number of ether oxygens (including phenoxy) is 1. The number of rotatable bonds is 7. The predicted octanol–water partition coefficient (Wildman–Crippen LogP) is 2.63. The summed E-state index contributed by atoms with van der Waals surface area (Å²) < 4.78 is 7.42. The molecule has 0 spiro atoms. The van der Waals surface area contributed by atoms with Crippen LogP contribution in [-0.4, -0.2) is 40.1 Å². The molecule has 2 aromatic carbocycles. The summed E-state index contributed by atoms with van der Waals surface area (Å²) >= 11 is 0. The number of likely N-dealkylation sites (N-methyl/N-ethyl adjacent to an activating group) is 1. The normalized spacial score (nSPS) is 10.6. The average Bonchev–Trinajstić information content (AvgIpc) is 3.01. The van der Waals surface area contributed by atoms with Crippen molar-refractivity contribution >= 4 is 11.8 Å². The quantitative estimate of drug-likeness (QED) is 0.669. The maximum atomic E-state index is 12.5. The van der Waals surface area contributed by atoms with Gasteiger partial charge in [-0.3, -0.25) is 9.59 Å². The second-order valence-corrected chi connectivity index (χ2v) is 6.82. The van der Waals surface area contributed by atoms with Gasteiger partial charge in [-0.2, -0.15) is 5.10 Å². The Morgan fingerprint density at radius 3 is 2.34 bits per heavy atom. The Kier molecular flexibility index (Phi) is 5.97. The molecule has 0 saturated carbocycles. The maximum absolute atomic E-state index is 12.5. The lowest BCUT2D eigenvalue weighted by Gasteiger charge is -2.18. The van der Waals surface area contributed by atoms with Crippen LogP contribution in [0.3, 0.4) is 0 Å². The van der Waals surface area contributed by atoms with Crippen LogP contribution >= 0.6 is 0 Å². The Morgan fingerprint density at radius 2 is 1.72 bits per heavy atom. The number of aryl methyl sites for hydroxylation is 1. The van der Waals surface area contributed by atoms with Crippen molar-refractivity contribution in [2.75, 3.05) is 13.7 Å². The van der Waals surface area contributed by atoms with Crippen LogP contribution < -0.4 is 10.5 Å². The highest BCUT2D eigenvalue weighted by molar-refractivity contribution is 5.92. The molecule has 0 radical (unpaired) electrons. The summed E-state index contributed by atoms with van der Waals surface area (Å²) in [5.41, 5.74) is 9.48. The highest BCUT2D eigenvalue weighted by atomic mass is 16.5. The molecular weight excluding hydrogens is 368 g/mol. The molecule has 0 aliphatic heterocycles. The Labute approximate surface area is 169 Å². The third-order valence-electron chi connectivity index (χ3n) is 4.76. The van der Waals surface area contributed by atoms with Crippen LogP contribution in [-0.2, 0) is 11.3 Å². The molecule has 2 amide bonds. The van der Waals surface area contributed by atoms with Gasteiger partial charge in [-0.15, -0.1) is 0 Å². The molecule has 0 aliphatic rings. The van der Waals surface area contributed by atoms with Crippen LogP contribution in [0.2, 0.25) is 0 Å². The van der Waals surface area contributed by atoms with Crippen LogP contribution in [0.15, 0.2) is 54.6 Å². The van der Waals surface area contributed by atoms with E-state index in [9.17, 15) is 9.59 Å². The zero-order valence-corrected chi connectivity index (χ0v) is 16.8. The Morgan fingerprint density at radius 1 is 1.07 bits per heavy atom. The molecule has 1 aromatic heterocycles. The number of carbonyl (C=O) groups is 2. The molecule has 1 heterocycles. The first-order valence-electron chi connectivity index (χ1n) is 9.24. The van der Waals surface area contributed by atoms with Crippen LogP contribution in [0.4, 0.5) is 0 Å². The fourth-order valence-electron chi connectivity index (χ4n) is 3.02. The predicted molar refractivity (Wildman–Crippen MR) is 110 cm³/mol. The van der Waals surface area contributed by atoms with Crippen molar-refractivity contribution in [1.82, 2.24) is 14.7 Å². The Hall–Kier alpha value is -3.61. The zero-order valence-electron chi connectivity index (χ0n) is 16.8. The third kappa shape index (κ3) is 4.63. The minimum absolute atomic E-state index is 0.0999. The molecule has 0 fully saturated rings. The summed E-state index contributed by atoms with van der Waals surface area (Å²) in [5.74, 6) is -0.162. The molecule has 0 aliphatic carbocycles. The van der Waals surface area contributed by atoms with Gasteiger partial charge in [0.05, 0.1) is 11.4 Å². The van der Waals surface area contributed by atoms with E-state index in [1.165, 1.54) is 0 Å². The molecule has 0 unspecified atom stereocenters. The lowest BCUT2D eigenvalue weighted by molar-refractivity contribution is -0.132. The van der Waals surface area contributed by atoms with E-state index in [-0.39, 0.29) is 12.5 Å². The summed E-state index contributed by atoms with van der Waals surface area (Å²) in [6.07, 6.45) is 0. The van der Waals surface area contributed by atoms with Gasteiger partial charge in [0.15, 0.2) is 6.61 Å². The van der Waals surface area contributed by atoms with Gasteiger partial charge >= 0.3 is 0 Å². The highest BCUT2D eigenvalue weighted by Crippen LogP contribution is 2.19. The van der Waals surface area contributed by atoms with Gasteiger partial charge in [0.1, 0.15) is 5.75 Å². The Balaban J connectivity index is 1.64. The molecular formula is C22H24N4O3. The maximum Gasteiger partial charge on any atom is 0.260 e. The summed E-state index contributed by atoms with van der Waals surface area (Å²) in [5, 5.41) is 4.62. The van der Waals surface area contributed by atoms with E-state index in [1.807, 2.05) is 48.9 Å². The van der Waals surface area contributed by atoms with Crippen molar-refractivity contribution in [3.63, 3.8) is 0 Å². The van der Waals surface area contributed by atoms with Crippen molar-refractivity contribution in [1.29, 1.82) is 0 Å². The van der Waals surface area contributed by atoms with Crippen molar-refractivity contribution in [3.8, 4) is 11.4 Å². The van der Waals surface area contributed by atoms with Gasteiger partial charge in [-0.1, -0.05) is 18.2 Å². The van der Waals surface area contributed by atoms with Gasteiger partial charge in [-0.05, 0) is 50.2 Å². The number of hydrogen-bond donors (Lipinski definition) is 1. The van der Waals surface area contributed by atoms with Gasteiger partial charge in [0, 0.05) is 30.4 Å². The average molecular weight is 392 g/mol. The largest absolute Gasteiger partial charge is 0.484 e. The monoisotopic (exact) mass is 392 g/mol. The van der Waals surface area contributed by atoms with E-state index in [0.29, 0.717) is 17.9 Å². The second-order valence-electron chi connectivity index (χ2n) is 6.82. The van der Waals surface area contributed by atoms with E-state index < -0.39 is 5.91 Å². The lowest BCUT2D eigenvalue weighted by atomic mass is 10.2. The molecule has 0 bridgehead atoms. The molecule has 150 valence electrons. The fourth-order valence-corrected chi connectivity index (χ4v) is 3.02. The Bertz CT molecular complexity index is 1010. The zero-order chi connectivity index (χ0) is 21.0. The van der Waals surface area contributed by atoms with Gasteiger partial charge in [0.25, 0.3) is 5.91 Å². The smallest absolute Gasteiger partial charge is 0.260 e. The molecule has 0 atom stereocenters. The van der Waals surface area contributed by atoms with E-state index >= 15 is 0 Å². The van der Waals surface area contributed by atoms with Gasteiger partial charge in [0.2, 0.25) is 5.91 Å². The first-order chi connectivity index (χ1) is 13.9. The first kappa shape index (κ1) is 20.1. The van der Waals surface area contributed by atoms with Gasteiger partial charge in [-0.25, -0.2) is 4.68 Å². The van der Waals surface area contributed by atoms with Crippen molar-refractivity contribution < 1.29 is 14.3 Å². The molecule has 29 heavy (non-hydrogen) atoms. The molecule has 3 aromatic rings. The minimum atomic E-state index is -0.505. The lowest BCUT2D eigenvalue weighted by Crippen LogP contribution is -2.31. The van der Waals surface area contributed by atoms with Crippen LogP contribution in [0.5, 0.6) is 5.75 Å². The van der Waals surface area contributed by atoms with Crippen LogP contribution in [0.1, 0.15) is 27.3 Å². The summed E-state index contributed by atoms with van der Waals surface area (Å²) in [4.78, 5) is 25.2. The third-order valence-corrected chi connectivity index (χ3v) is 4.76. The first-order valence-corrected chi connectivity index (χ1v) is 9.24. The number of amides is 2. The number of aromatic nitrogens is 2. The summed E-state index contributed by atoms with van der Waals surface area (Å²) in [6, 6.07) is 16.3. The number of carbonyl (C=O) groups excluding carboxylic acids is 2. The van der Waals surface area contributed by atoms with E-state index in [4.69, 9.17) is 10.5 Å². The van der Waals surface area contributed by atoms with E-state index in [2.05, 4.69) is 5.10 Å². The van der Waals surface area contributed by atoms with Gasteiger partial charge < -0.3 is 15.4 Å². The van der Waals surface area contributed by atoms with Crippen LogP contribution in [0, 0.1) is 13.8 Å². The number of primary amides is 1. The van der Waals surface area contributed by atoms with Crippen molar-refractivity contribution in [3.05, 3.63) is 77.1 Å². The van der Waals surface area contributed by atoms with Crippen molar-refractivity contribution in [2.45, 2.75) is 20.4 Å². The molecule has 7 heteroatoms. The summed E-state index contributed by atoms with van der Waals surface area (Å²) in [7, 11) is 1.74. The molecule has 2 N–H and O–H groups in total. The molecule has 7 nitrogen and oxygen atoms in total. The van der Waals surface area contributed by atoms with Crippen LogP contribution in [0.25, 0.3) is 5.69 Å². The SMILES string of the molecule is Cc1nn(-c2ccccc2)c(C)c1CN(C)C(=O)COc1ccc(C(N)=O)cc1. The number of para-hydroxylation sites is 1. The number of benzene rings is 2. The number of hydrogen-bond acceptors (Lipinski definition) is 4. The molecule has 0 saturated heterocycles. The molecule has 3 rings (SSSR count). The number of nitrogens with two attached hydrogens (primary N) is 1. The van der Waals surface area contributed by atoms with Crippen molar-refractivity contribution in [2.24, 2.45) is 5.73 Å². The summed E-state index contributed by atoms with van der Waals surface area (Å²) in [6.45, 7) is 4.28. The number of nitrogens with zero attached hydrogens (tertiary/aromatic N) is 3. The fraction of sp³-hybridized carbons (Fsp3) is 0.227. The van der Waals surface area contributed by atoms with E-state index in [0.717, 1.165) is 22.6 Å². The highest BCUT2D eigenvalue weighted by Gasteiger charge is 2.17. The topological polar surface area (TPSA) is 90.4 Å². The standard InChI is InChI=1S/C22H24N4O3/c1-15-20(16(2)26(24-15)18-7-5-4-6-8-18)13-25(3)21(27)14-29-19-11-9-17(10-12-19)22(23)28/h4-12H,13-14H2,1-3H3,(H2,23,28). The minimum Gasteiger partial charge on any atom is -0.484 e.